The minimum atomic E-state index is -0.359. The standard InChI is InChI=1S/C18H26N2O2/c1-12-7-5-6-8-15(12)22-11-18(2,3)19-17(21)16-13-9-20(4)10-14(13)16/h5-8,13-14,16H,9-11H2,1-4H3,(H,19,21). The fraction of sp³-hybridized carbons (Fsp3) is 0.611. The van der Waals surface area contributed by atoms with Crippen molar-refractivity contribution in [3.05, 3.63) is 29.8 Å². The molecular weight excluding hydrogens is 276 g/mol. The maximum absolute atomic E-state index is 12.4. The van der Waals surface area contributed by atoms with E-state index in [0.29, 0.717) is 18.4 Å². The number of hydrogen-bond donors (Lipinski definition) is 1. The Balaban J connectivity index is 1.51. The minimum absolute atomic E-state index is 0.196. The molecule has 1 aliphatic heterocycles. The van der Waals surface area contributed by atoms with Gasteiger partial charge in [-0.25, -0.2) is 0 Å². The van der Waals surface area contributed by atoms with Crippen molar-refractivity contribution in [2.75, 3.05) is 26.7 Å². The molecule has 0 aromatic heterocycles. The molecule has 1 saturated heterocycles. The summed E-state index contributed by atoms with van der Waals surface area (Å²) >= 11 is 0. The Morgan fingerprint density at radius 2 is 1.95 bits per heavy atom. The van der Waals surface area contributed by atoms with Gasteiger partial charge in [-0.15, -0.1) is 0 Å². The number of piperidine rings is 1. The number of nitrogens with one attached hydrogen (secondary N) is 1. The molecule has 1 aromatic carbocycles. The third-order valence-corrected chi connectivity index (χ3v) is 4.82. The highest BCUT2D eigenvalue weighted by atomic mass is 16.5. The van der Waals surface area contributed by atoms with E-state index in [9.17, 15) is 4.79 Å². The van der Waals surface area contributed by atoms with Crippen molar-refractivity contribution in [2.24, 2.45) is 17.8 Å². The molecule has 1 N–H and O–H groups in total. The van der Waals surface area contributed by atoms with Gasteiger partial charge in [-0.05, 0) is 51.3 Å². The summed E-state index contributed by atoms with van der Waals surface area (Å²) in [5.74, 6) is 2.43. The first-order valence-corrected chi connectivity index (χ1v) is 8.06. The molecule has 2 atom stereocenters. The zero-order valence-electron chi connectivity index (χ0n) is 13.9. The number of ether oxygens (including phenoxy) is 1. The lowest BCUT2D eigenvalue weighted by atomic mass is 10.1. The monoisotopic (exact) mass is 302 g/mol. The number of para-hydroxylation sites is 1. The van der Waals surface area contributed by atoms with Gasteiger partial charge in [0, 0.05) is 19.0 Å². The van der Waals surface area contributed by atoms with E-state index in [4.69, 9.17) is 4.74 Å². The number of fused-ring (bicyclic) bond motifs is 1. The van der Waals surface area contributed by atoms with Crippen molar-refractivity contribution in [3.63, 3.8) is 0 Å². The van der Waals surface area contributed by atoms with Crippen molar-refractivity contribution in [1.82, 2.24) is 10.2 Å². The number of amides is 1. The van der Waals surface area contributed by atoms with Crippen LogP contribution in [-0.2, 0) is 4.79 Å². The van der Waals surface area contributed by atoms with Crippen LogP contribution in [-0.4, -0.2) is 43.1 Å². The van der Waals surface area contributed by atoms with Gasteiger partial charge in [0.15, 0.2) is 0 Å². The van der Waals surface area contributed by atoms with E-state index in [0.717, 1.165) is 24.4 Å². The average molecular weight is 302 g/mol. The molecule has 1 heterocycles. The Labute approximate surface area is 132 Å². The smallest absolute Gasteiger partial charge is 0.224 e. The Bertz CT molecular complexity index is 558. The van der Waals surface area contributed by atoms with Gasteiger partial charge in [-0.1, -0.05) is 18.2 Å². The summed E-state index contributed by atoms with van der Waals surface area (Å²) in [4.78, 5) is 14.7. The van der Waals surface area contributed by atoms with E-state index < -0.39 is 0 Å². The lowest BCUT2D eigenvalue weighted by Crippen LogP contribution is -2.49. The minimum Gasteiger partial charge on any atom is -0.491 e. The van der Waals surface area contributed by atoms with Gasteiger partial charge in [0.1, 0.15) is 12.4 Å². The van der Waals surface area contributed by atoms with E-state index in [-0.39, 0.29) is 17.4 Å². The van der Waals surface area contributed by atoms with Crippen LogP contribution in [0.4, 0.5) is 0 Å². The predicted octanol–water partition coefficient (Wildman–Crippen LogP) is 2.08. The van der Waals surface area contributed by atoms with E-state index >= 15 is 0 Å². The quantitative estimate of drug-likeness (QED) is 0.905. The second-order valence-corrected chi connectivity index (χ2v) is 7.50. The zero-order valence-corrected chi connectivity index (χ0v) is 13.9. The number of hydrogen-bond acceptors (Lipinski definition) is 3. The molecule has 120 valence electrons. The molecule has 0 bridgehead atoms. The van der Waals surface area contributed by atoms with Crippen LogP contribution in [0.2, 0.25) is 0 Å². The molecule has 4 nitrogen and oxygen atoms in total. The van der Waals surface area contributed by atoms with Crippen molar-refractivity contribution in [1.29, 1.82) is 0 Å². The summed E-state index contributed by atoms with van der Waals surface area (Å²) in [6.45, 7) is 8.67. The van der Waals surface area contributed by atoms with Crippen LogP contribution in [0.5, 0.6) is 5.75 Å². The Hall–Kier alpha value is -1.55. The van der Waals surface area contributed by atoms with Crippen molar-refractivity contribution in [3.8, 4) is 5.75 Å². The summed E-state index contributed by atoms with van der Waals surface area (Å²) in [6, 6.07) is 7.96. The molecule has 1 aromatic rings. The molecule has 3 rings (SSSR count). The average Bonchev–Trinajstić information content (AvgIpc) is 2.96. The molecule has 22 heavy (non-hydrogen) atoms. The highest BCUT2D eigenvalue weighted by Crippen LogP contribution is 2.51. The number of likely N-dealkylation sites (tertiary alicyclic amines) is 1. The number of benzene rings is 1. The molecule has 1 amide bonds. The van der Waals surface area contributed by atoms with E-state index in [1.165, 1.54) is 0 Å². The lowest BCUT2D eigenvalue weighted by molar-refractivity contribution is -0.125. The first-order valence-electron chi connectivity index (χ1n) is 8.06. The topological polar surface area (TPSA) is 41.6 Å². The maximum Gasteiger partial charge on any atom is 0.224 e. The molecule has 2 fully saturated rings. The van der Waals surface area contributed by atoms with Crippen LogP contribution in [0.15, 0.2) is 24.3 Å². The largest absolute Gasteiger partial charge is 0.491 e. The van der Waals surface area contributed by atoms with E-state index in [1.54, 1.807) is 0 Å². The zero-order chi connectivity index (χ0) is 15.9. The molecule has 4 heteroatoms. The fourth-order valence-electron chi connectivity index (χ4n) is 3.56. The van der Waals surface area contributed by atoms with Crippen molar-refractivity contribution in [2.45, 2.75) is 26.3 Å². The van der Waals surface area contributed by atoms with Gasteiger partial charge in [-0.2, -0.15) is 0 Å². The molecule has 1 aliphatic carbocycles. The Morgan fingerprint density at radius 3 is 2.59 bits per heavy atom. The summed E-state index contributed by atoms with van der Waals surface area (Å²) in [5.41, 5.74) is 0.756. The van der Waals surface area contributed by atoms with Gasteiger partial charge < -0.3 is 15.0 Å². The van der Waals surface area contributed by atoms with Crippen LogP contribution < -0.4 is 10.1 Å². The summed E-state index contributed by atoms with van der Waals surface area (Å²) < 4.78 is 5.89. The lowest BCUT2D eigenvalue weighted by Gasteiger charge is -2.27. The SMILES string of the molecule is Cc1ccccc1OCC(C)(C)NC(=O)C1C2CN(C)CC21. The van der Waals surface area contributed by atoms with Crippen LogP contribution in [0.25, 0.3) is 0 Å². The predicted molar refractivity (Wildman–Crippen MR) is 86.9 cm³/mol. The summed E-state index contributed by atoms with van der Waals surface area (Å²) in [7, 11) is 2.13. The van der Waals surface area contributed by atoms with Crippen LogP contribution in [0.1, 0.15) is 19.4 Å². The fourth-order valence-corrected chi connectivity index (χ4v) is 3.56. The third-order valence-electron chi connectivity index (χ3n) is 4.82. The highest BCUT2D eigenvalue weighted by molar-refractivity contribution is 5.83. The van der Waals surface area contributed by atoms with Crippen molar-refractivity contribution >= 4 is 5.91 Å². The number of rotatable bonds is 5. The van der Waals surface area contributed by atoms with E-state index in [1.807, 2.05) is 45.0 Å². The summed E-state index contributed by atoms with van der Waals surface area (Å²) in [6.07, 6.45) is 0. The molecule has 1 saturated carbocycles. The Kier molecular flexibility index (Phi) is 3.89. The second-order valence-electron chi connectivity index (χ2n) is 7.50. The third kappa shape index (κ3) is 3.12. The molecule has 0 spiro atoms. The van der Waals surface area contributed by atoms with Gasteiger partial charge in [0.05, 0.1) is 5.54 Å². The highest BCUT2D eigenvalue weighted by Gasteiger charge is 2.58. The first-order chi connectivity index (χ1) is 10.4. The Morgan fingerprint density at radius 1 is 1.32 bits per heavy atom. The number of carbonyl (C=O) groups excluding carboxylic acids is 1. The molecule has 2 aliphatic rings. The van der Waals surface area contributed by atoms with Crippen molar-refractivity contribution < 1.29 is 9.53 Å². The maximum atomic E-state index is 12.4. The first kappa shape index (κ1) is 15.3. The molecular formula is C18H26N2O2. The van der Waals surface area contributed by atoms with Gasteiger partial charge in [0.2, 0.25) is 5.91 Å². The second kappa shape index (κ2) is 5.58. The molecule has 0 radical (unpaired) electrons. The summed E-state index contributed by atoms with van der Waals surface area (Å²) in [5, 5.41) is 3.17. The number of nitrogens with zero attached hydrogens (tertiary/aromatic N) is 1. The van der Waals surface area contributed by atoms with Crippen LogP contribution in [0, 0.1) is 24.7 Å². The van der Waals surface area contributed by atoms with Gasteiger partial charge >= 0.3 is 0 Å². The van der Waals surface area contributed by atoms with E-state index in [2.05, 4.69) is 17.3 Å². The van der Waals surface area contributed by atoms with Gasteiger partial charge in [-0.3, -0.25) is 4.79 Å². The number of aryl methyl sites for hydroxylation is 1. The van der Waals surface area contributed by atoms with Gasteiger partial charge in [0.25, 0.3) is 0 Å². The molecule has 2 unspecified atom stereocenters. The van der Waals surface area contributed by atoms with Crippen LogP contribution >= 0.6 is 0 Å². The van der Waals surface area contributed by atoms with Crippen LogP contribution in [0.3, 0.4) is 0 Å². The normalized spacial score (nSPS) is 27.4. The number of carbonyl (C=O) groups is 1.